The second-order valence-corrected chi connectivity index (χ2v) is 7.44. The van der Waals surface area contributed by atoms with Gasteiger partial charge in [-0.2, -0.15) is 0 Å². The fourth-order valence-electron chi connectivity index (χ4n) is 2.68. The lowest BCUT2D eigenvalue weighted by atomic mass is 10.1. The Hall–Kier alpha value is -3.12. The molecule has 6 heteroatoms. The molecule has 0 saturated carbocycles. The van der Waals surface area contributed by atoms with Crippen LogP contribution in [0.25, 0.3) is 11.1 Å². The minimum absolute atomic E-state index is 0.203. The van der Waals surface area contributed by atoms with Crippen molar-refractivity contribution >= 4 is 23.2 Å². The van der Waals surface area contributed by atoms with E-state index >= 15 is 0 Å². The lowest BCUT2D eigenvalue weighted by Gasteiger charge is -2.12. The van der Waals surface area contributed by atoms with Crippen molar-refractivity contribution in [3.63, 3.8) is 0 Å². The summed E-state index contributed by atoms with van der Waals surface area (Å²) in [6.45, 7) is 3.61. The fourth-order valence-corrected chi connectivity index (χ4v) is 3.60. The van der Waals surface area contributed by atoms with E-state index in [1.807, 2.05) is 68.4 Å². The number of hydrogen-bond acceptors (Lipinski definition) is 4. The molecule has 0 bridgehead atoms. The first-order chi connectivity index (χ1) is 13.0. The molecule has 3 rings (SSSR count). The minimum Gasteiger partial charge on any atom is -0.483 e. The van der Waals surface area contributed by atoms with Crippen molar-refractivity contribution in [1.29, 1.82) is 0 Å². The van der Waals surface area contributed by atoms with Gasteiger partial charge in [0.25, 0.3) is 11.8 Å². The SMILES string of the molecule is Cc1cc(C(=O)NNC(=O)COc2ccccc2-c2ccccc2)c(C)s1. The zero-order valence-electron chi connectivity index (χ0n) is 15.1. The minimum atomic E-state index is -0.434. The molecule has 0 fully saturated rings. The van der Waals surface area contributed by atoms with Crippen molar-refractivity contribution in [2.45, 2.75) is 13.8 Å². The summed E-state index contributed by atoms with van der Waals surface area (Å²) in [7, 11) is 0. The van der Waals surface area contributed by atoms with Crippen molar-refractivity contribution in [3.05, 3.63) is 76.0 Å². The van der Waals surface area contributed by atoms with Crippen LogP contribution >= 0.6 is 11.3 Å². The number of thiophene rings is 1. The Morgan fingerprint density at radius 1 is 0.963 bits per heavy atom. The molecule has 3 aromatic rings. The third-order valence-corrected chi connectivity index (χ3v) is 4.90. The summed E-state index contributed by atoms with van der Waals surface area (Å²) in [6, 6.07) is 19.1. The maximum Gasteiger partial charge on any atom is 0.276 e. The Labute approximate surface area is 162 Å². The fraction of sp³-hybridized carbons (Fsp3) is 0.143. The highest BCUT2D eigenvalue weighted by Crippen LogP contribution is 2.29. The summed E-state index contributed by atoms with van der Waals surface area (Å²) in [6.07, 6.45) is 0. The van der Waals surface area contributed by atoms with Crippen molar-refractivity contribution < 1.29 is 14.3 Å². The van der Waals surface area contributed by atoms with Gasteiger partial charge in [-0.15, -0.1) is 11.3 Å². The molecular weight excluding hydrogens is 360 g/mol. The Kier molecular flexibility index (Phi) is 5.88. The van der Waals surface area contributed by atoms with Crippen LogP contribution in [-0.4, -0.2) is 18.4 Å². The van der Waals surface area contributed by atoms with Gasteiger partial charge in [-0.25, -0.2) is 0 Å². The third-order valence-electron chi connectivity index (χ3n) is 3.93. The van der Waals surface area contributed by atoms with Crippen LogP contribution in [0.15, 0.2) is 60.7 Å². The average molecular weight is 380 g/mol. The first kappa shape index (κ1) is 18.7. The maximum absolute atomic E-state index is 12.1. The summed E-state index contributed by atoms with van der Waals surface area (Å²) >= 11 is 1.54. The molecule has 5 nitrogen and oxygen atoms in total. The van der Waals surface area contributed by atoms with Crippen molar-refractivity contribution in [2.75, 3.05) is 6.61 Å². The molecule has 0 saturated heterocycles. The molecule has 1 heterocycles. The van der Waals surface area contributed by atoms with Gasteiger partial charge in [0.05, 0.1) is 5.56 Å². The zero-order chi connectivity index (χ0) is 19.2. The summed E-state index contributed by atoms with van der Waals surface area (Å²) < 4.78 is 5.66. The summed E-state index contributed by atoms with van der Waals surface area (Å²) in [4.78, 5) is 26.1. The van der Waals surface area contributed by atoms with E-state index in [0.29, 0.717) is 11.3 Å². The lowest BCUT2D eigenvalue weighted by Crippen LogP contribution is -2.43. The highest BCUT2D eigenvalue weighted by Gasteiger charge is 2.13. The highest BCUT2D eigenvalue weighted by molar-refractivity contribution is 7.12. The number of carbonyl (C=O) groups excluding carboxylic acids is 2. The third kappa shape index (κ3) is 4.74. The smallest absolute Gasteiger partial charge is 0.276 e. The Balaban J connectivity index is 1.57. The number of rotatable bonds is 5. The van der Waals surface area contributed by atoms with Crippen LogP contribution < -0.4 is 15.6 Å². The van der Waals surface area contributed by atoms with Crippen molar-refractivity contribution in [1.82, 2.24) is 10.9 Å². The number of amides is 2. The molecule has 138 valence electrons. The maximum atomic E-state index is 12.1. The molecule has 0 unspecified atom stereocenters. The predicted molar refractivity (Wildman–Crippen MR) is 107 cm³/mol. The zero-order valence-corrected chi connectivity index (χ0v) is 15.9. The lowest BCUT2D eigenvalue weighted by molar-refractivity contribution is -0.123. The molecule has 2 aromatic carbocycles. The topological polar surface area (TPSA) is 67.4 Å². The van der Waals surface area contributed by atoms with Crippen LogP contribution in [0, 0.1) is 13.8 Å². The van der Waals surface area contributed by atoms with E-state index in [1.165, 1.54) is 0 Å². The average Bonchev–Trinajstić information content (AvgIpc) is 3.03. The molecule has 27 heavy (non-hydrogen) atoms. The van der Waals surface area contributed by atoms with Gasteiger partial charge in [0, 0.05) is 15.3 Å². The molecule has 2 amide bonds. The van der Waals surface area contributed by atoms with Crippen LogP contribution in [0.1, 0.15) is 20.1 Å². The van der Waals surface area contributed by atoms with Crippen LogP contribution in [0.3, 0.4) is 0 Å². The largest absolute Gasteiger partial charge is 0.483 e. The van der Waals surface area contributed by atoms with Crippen LogP contribution in [-0.2, 0) is 4.79 Å². The molecule has 0 aliphatic carbocycles. The van der Waals surface area contributed by atoms with Gasteiger partial charge in [0.2, 0.25) is 0 Å². The van der Waals surface area contributed by atoms with Gasteiger partial charge in [-0.3, -0.25) is 20.4 Å². The van der Waals surface area contributed by atoms with Gasteiger partial charge in [-0.05, 0) is 31.5 Å². The van der Waals surface area contributed by atoms with Gasteiger partial charge in [-0.1, -0.05) is 48.5 Å². The van der Waals surface area contributed by atoms with Gasteiger partial charge in [0.1, 0.15) is 5.75 Å². The Morgan fingerprint density at radius 2 is 1.67 bits per heavy atom. The van der Waals surface area contributed by atoms with Crippen molar-refractivity contribution in [2.24, 2.45) is 0 Å². The van der Waals surface area contributed by atoms with Crippen molar-refractivity contribution in [3.8, 4) is 16.9 Å². The highest BCUT2D eigenvalue weighted by atomic mass is 32.1. The summed E-state index contributed by atoms with van der Waals surface area (Å²) in [5.74, 6) is -0.166. The van der Waals surface area contributed by atoms with Gasteiger partial charge >= 0.3 is 0 Å². The van der Waals surface area contributed by atoms with Gasteiger partial charge < -0.3 is 4.74 Å². The molecule has 2 N–H and O–H groups in total. The van der Waals surface area contributed by atoms with E-state index in [-0.39, 0.29) is 12.5 Å². The normalized spacial score (nSPS) is 10.3. The number of ether oxygens (including phenoxy) is 1. The standard InChI is InChI=1S/C21H20N2O3S/c1-14-12-18(15(2)27-14)21(25)23-22-20(24)13-26-19-11-7-6-10-17(19)16-8-4-3-5-9-16/h3-12H,13H2,1-2H3,(H,22,24)(H,23,25). The number of para-hydroxylation sites is 1. The van der Waals surface area contributed by atoms with E-state index in [0.717, 1.165) is 20.9 Å². The summed E-state index contributed by atoms with van der Waals surface area (Å²) in [5.41, 5.74) is 7.28. The quantitative estimate of drug-likeness (QED) is 0.660. The molecule has 0 spiro atoms. The van der Waals surface area contributed by atoms with E-state index < -0.39 is 5.91 Å². The van der Waals surface area contributed by atoms with Crippen LogP contribution in [0.2, 0.25) is 0 Å². The van der Waals surface area contributed by atoms with E-state index in [1.54, 1.807) is 17.4 Å². The molecule has 0 aliphatic rings. The van der Waals surface area contributed by atoms with Crippen LogP contribution in [0.4, 0.5) is 0 Å². The molecule has 1 aromatic heterocycles. The molecular formula is C21H20N2O3S. The number of aryl methyl sites for hydroxylation is 2. The second kappa shape index (κ2) is 8.51. The number of nitrogens with one attached hydrogen (secondary N) is 2. The van der Waals surface area contributed by atoms with E-state index in [4.69, 9.17) is 4.74 Å². The summed E-state index contributed by atoms with van der Waals surface area (Å²) in [5, 5.41) is 0. The van der Waals surface area contributed by atoms with Crippen LogP contribution in [0.5, 0.6) is 5.75 Å². The first-order valence-electron chi connectivity index (χ1n) is 8.48. The molecule has 0 radical (unpaired) electrons. The number of carbonyl (C=O) groups is 2. The Bertz CT molecular complexity index is 951. The number of hydrazine groups is 1. The predicted octanol–water partition coefficient (Wildman–Crippen LogP) is 3.87. The molecule has 0 aliphatic heterocycles. The monoisotopic (exact) mass is 380 g/mol. The van der Waals surface area contributed by atoms with Gasteiger partial charge in [0.15, 0.2) is 6.61 Å². The second-order valence-electron chi connectivity index (χ2n) is 5.98. The van der Waals surface area contributed by atoms with E-state index in [9.17, 15) is 9.59 Å². The molecule has 0 atom stereocenters. The first-order valence-corrected chi connectivity index (χ1v) is 9.29. The number of benzene rings is 2. The van der Waals surface area contributed by atoms with E-state index in [2.05, 4.69) is 10.9 Å². The number of hydrogen-bond donors (Lipinski definition) is 2. The Morgan fingerprint density at radius 3 is 2.37 bits per heavy atom.